The van der Waals surface area contributed by atoms with Gasteiger partial charge in [-0.2, -0.15) is 4.31 Å². The quantitative estimate of drug-likeness (QED) is 0.500. The van der Waals surface area contributed by atoms with Crippen molar-refractivity contribution in [1.29, 1.82) is 0 Å². The average Bonchev–Trinajstić information content (AvgIpc) is 2.78. The van der Waals surface area contributed by atoms with E-state index >= 15 is 0 Å². The smallest absolute Gasteiger partial charge is 0.317 e. The summed E-state index contributed by atoms with van der Waals surface area (Å²) in [6.07, 6.45) is 0. The highest BCUT2D eigenvalue weighted by molar-refractivity contribution is 7.89. The van der Waals surface area contributed by atoms with Gasteiger partial charge in [-0.1, -0.05) is 43.6 Å². The molecule has 1 aliphatic rings. The molecule has 9 nitrogen and oxygen atoms in total. The third-order valence-corrected chi connectivity index (χ3v) is 7.51. The summed E-state index contributed by atoms with van der Waals surface area (Å²) >= 11 is 5.96. The standard InChI is InChI=1S/C21H25ClN4O5S/c1-15(2)20(16-6-8-17(22)9-7-16)23-21(27)24-10-12-25(13-11-24)32(30,31)19-5-3-4-18(14-19)26(28)29/h3-9,14-15,20H,10-13H2,1-2H3,(H,23,27). The van der Waals surface area contributed by atoms with Crippen molar-refractivity contribution in [3.05, 3.63) is 69.2 Å². The SMILES string of the molecule is CC(C)C(NC(=O)N1CCN(S(=O)(=O)c2cccc([N+](=O)[O-])c2)CC1)c1ccc(Cl)cc1. The summed E-state index contributed by atoms with van der Waals surface area (Å²) in [5, 5.41) is 14.6. The number of halogens is 1. The average molecular weight is 481 g/mol. The van der Waals surface area contributed by atoms with E-state index in [9.17, 15) is 23.3 Å². The number of nitro benzene ring substituents is 1. The lowest BCUT2D eigenvalue weighted by Crippen LogP contribution is -2.53. The lowest BCUT2D eigenvalue weighted by Gasteiger charge is -2.35. The van der Waals surface area contributed by atoms with Gasteiger partial charge >= 0.3 is 6.03 Å². The molecule has 0 bridgehead atoms. The summed E-state index contributed by atoms with van der Waals surface area (Å²) in [7, 11) is -3.89. The van der Waals surface area contributed by atoms with E-state index in [4.69, 9.17) is 11.6 Å². The number of nitrogens with one attached hydrogen (secondary N) is 1. The van der Waals surface area contributed by atoms with Gasteiger partial charge in [0.1, 0.15) is 0 Å². The monoisotopic (exact) mass is 480 g/mol. The molecule has 3 rings (SSSR count). The molecule has 1 heterocycles. The molecule has 1 N–H and O–H groups in total. The van der Waals surface area contributed by atoms with Crippen molar-refractivity contribution in [1.82, 2.24) is 14.5 Å². The van der Waals surface area contributed by atoms with Gasteiger partial charge in [-0.3, -0.25) is 10.1 Å². The second-order valence-electron chi connectivity index (χ2n) is 7.87. The first-order chi connectivity index (χ1) is 15.1. The van der Waals surface area contributed by atoms with Crippen molar-refractivity contribution in [2.45, 2.75) is 24.8 Å². The van der Waals surface area contributed by atoms with Crippen molar-refractivity contribution >= 4 is 33.3 Å². The predicted octanol–water partition coefficient (Wildman–Crippen LogP) is 3.66. The Morgan fingerprint density at radius 1 is 1.09 bits per heavy atom. The van der Waals surface area contributed by atoms with Crippen molar-refractivity contribution in [3.63, 3.8) is 0 Å². The van der Waals surface area contributed by atoms with Crippen LogP contribution in [0.4, 0.5) is 10.5 Å². The maximum Gasteiger partial charge on any atom is 0.317 e. The summed E-state index contributed by atoms with van der Waals surface area (Å²) in [6, 6.07) is 11.8. The molecule has 1 fully saturated rings. The fourth-order valence-corrected chi connectivity index (χ4v) is 5.16. The van der Waals surface area contributed by atoms with E-state index < -0.39 is 14.9 Å². The van der Waals surface area contributed by atoms with Crippen molar-refractivity contribution in [2.24, 2.45) is 5.92 Å². The van der Waals surface area contributed by atoms with Gasteiger partial charge in [0, 0.05) is 43.3 Å². The topological polar surface area (TPSA) is 113 Å². The molecular formula is C21H25ClN4O5S. The Morgan fingerprint density at radius 2 is 1.72 bits per heavy atom. The van der Waals surface area contributed by atoms with Crippen molar-refractivity contribution in [3.8, 4) is 0 Å². The number of hydrogen-bond acceptors (Lipinski definition) is 5. The van der Waals surface area contributed by atoms with E-state index in [0.29, 0.717) is 5.02 Å². The second kappa shape index (κ2) is 9.85. The first-order valence-electron chi connectivity index (χ1n) is 10.1. The molecule has 1 saturated heterocycles. The Bertz CT molecular complexity index is 1080. The Labute approximate surface area is 192 Å². The number of nitrogens with zero attached hydrogens (tertiary/aromatic N) is 3. The number of carbonyl (C=O) groups is 1. The number of hydrogen-bond donors (Lipinski definition) is 1. The summed E-state index contributed by atoms with van der Waals surface area (Å²) in [6.45, 7) is 4.64. The minimum atomic E-state index is -3.89. The van der Waals surface area contributed by atoms with Crippen LogP contribution in [0.5, 0.6) is 0 Å². The number of nitro groups is 1. The maximum atomic E-state index is 12.9. The van der Waals surface area contributed by atoms with E-state index in [-0.39, 0.29) is 54.8 Å². The van der Waals surface area contributed by atoms with E-state index in [0.717, 1.165) is 11.6 Å². The first kappa shape index (κ1) is 24.0. The van der Waals surface area contributed by atoms with Crippen molar-refractivity contribution in [2.75, 3.05) is 26.2 Å². The fraction of sp³-hybridized carbons (Fsp3) is 0.381. The zero-order chi connectivity index (χ0) is 23.5. The molecule has 2 amide bonds. The lowest BCUT2D eigenvalue weighted by molar-refractivity contribution is -0.385. The van der Waals surface area contributed by atoms with Crippen LogP contribution in [0.25, 0.3) is 0 Å². The fourth-order valence-electron chi connectivity index (χ4n) is 3.57. The van der Waals surface area contributed by atoms with Gasteiger partial charge in [0.2, 0.25) is 10.0 Å². The molecule has 0 aromatic heterocycles. The summed E-state index contributed by atoms with van der Waals surface area (Å²) in [5.74, 6) is 0.135. The molecule has 0 radical (unpaired) electrons. The maximum absolute atomic E-state index is 12.9. The summed E-state index contributed by atoms with van der Waals surface area (Å²) in [5.41, 5.74) is 0.649. The van der Waals surface area contributed by atoms with Gasteiger partial charge in [-0.25, -0.2) is 13.2 Å². The molecule has 32 heavy (non-hydrogen) atoms. The van der Waals surface area contributed by atoms with Crippen LogP contribution in [0, 0.1) is 16.0 Å². The number of piperazine rings is 1. The van der Waals surface area contributed by atoms with Crippen LogP contribution in [0.1, 0.15) is 25.5 Å². The molecular weight excluding hydrogens is 456 g/mol. The van der Waals surface area contributed by atoms with Crippen LogP contribution in [0.15, 0.2) is 53.4 Å². The number of rotatable bonds is 6. The van der Waals surface area contributed by atoms with E-state index in [1.165, 1.54) is 22.5 Å². The van der Waals surface area contributed by atoms with Crippen LogP contribution < -0.4 is 5.32 Å². The van der Waals surface area contributed by atoms with Crippen LogP contribution in [-0.2, 0) is 10.0 Å². The van der Waals surface area contributed by atoms with Crippen LogP contribution in [0.3, 0.4) is 0 Å². The zero-order valence-corrected chi connectivity index (χ0v) is 19.3. The van der Waals surface area contributed by atoms with Crippen LogP contribution >= 0.6 is 11.6 Å². The number of amides is 2. The third-order valence-electron chi connectivity index (χ3n) is 5.37. The Kier molecular flexibility index (Phi) is 7.37. The minimum Gasteiger partial charge on any atom is -0.331 e. The zero-order valence-electron chi connectivity index (χ0n) is 17.8. The van der Waals surface area contributed by atoms with Gasteiger partial charge in [-0.05, 0) is 29.7 Å². The largest absolute Gasteiger partial charge is 0.331 e. The van der Waals surface area contributed by atoms with E-state index in [1.807, 2.05) is 26.0 Å². The van der Waals surface area contributed by atoms with Gasteiger partial charge in [-0.15, -0.1) is 0 Å². The Morgan fingerprint density at radius 3 is 2.28 bits per heavy atom. The van der Waals surface area contributed by atoms with Crippen molar-refractivity contribution < 1.29 is 18.1 Å². The summed E-state index contributed by atoms with van der Waals surface area (Å²) < 4.78 is 27.0. The molecule has 11 heteroatoms. The predicted molar refractivity (Wildman–Crippen MR) is 121 cm³/mol. The molecule has 1 atom stereocenters. The number of benzene rings is 2. The Balaban J connectivity index is 1.65. The lowest BCUT2D eigenvalue weighted by atomic mass is 9.96. The number of sulfonamides is 1. The minimum absolute atomic E-state index is 0.103. The van der Waals surface area contributed by atoms with Gasteiger partial charge in [0.05, 0.1) is 15.9 Å². The first-order valence-corrected chi connectivity index (χ1v) is 12.0. The van der Waals surface area contributed by atoms with Crippen LogP contribution in [-0.4, -0.2) is 54.8 Å². The normalized spacial score (nSPS) is 16.1. The van der Waals surface area contributed by atoms with Gasteiger partial charge in [0.15, 0.2) is 0 Å². The number of carbonyl (C=O) groups excluding carboxylic acids is 1. The van der Waals surface area contributed by atoms with Gasteiger partial charge in [0.25, 0.3) is 5.69 Å². The molecule has 1 unspecified atom stereocenters. The summed E-state index contributed by atoms with van der Waals surface area (Å²) in [4.78, 5) is 24.6. The highest BCUT2D eigenvalue weighted by Crippen LogP contribution is 2.25. The number of urea groups is 1. The molecule has 1 aliphatic heterocycles. The molecule has 2 aromatic rings. The second-order valence-corrected chi connectivity index (χ2v) is 10.2. The molecule has 0 aliphatic carbocycles. The van der Waals surface area contributed by atoms with Crippen LogP contribution in [0.2, 0.25) is 5.02 Å². The van der Waals surface area contributed by atoms with E-state index in [1.54, 1.807) is 17.0 Å². The van der Waals surface area contributed by atoms with E-state index in [2.05, 4.69) is 5.32 Å². The number of non-ortho nitro benzene ring substituents is 1. The third kappa shape index (κ3) is 5.37. The molecule has 0 saturated carbocycles. The van der Waals surface area contributed by atoms with Gasteiger partial charge < -0.3 is 10.2 Å². The molecule has 2 aromatic carbocycles. The highest BCUT2D eigenvalue weighted by atomic mass is 35.5. The molecule has 172 valence electrons. The Hall–Kier alpha value is -2.69. The highest BCUT2D eigenvalue weighted by Gasteiger charge is 2.32. The molecule has 0 spiro atoms.